The number of rotatable bonds is 6. The molecule has 2 rings (SSSR count). The Kier molecular flexibility index (Phi) is 5.09. The lowest BCUT2D eigenvalue weighted by atomic mass is 10.1. The maximum atomic E-state index is 5.97. The van der Waals surface area contributed by atoms with Crippen LogP contribution in [0.3, 0.4) is 0 Å². The third-order valence-corrected chi connectivity index (χ3v) is 3.13. The molecule has 2 heterocycles. The van der Waals surface area contributed by atoms with Gasteiger partial charge in [0.05, 0.1) is 11.3 Å². The molecule has 0 atom stereocenters. The molecule has 2 aromatic heterocycles. The highest BCUT2D eigenvalue weighted by Gasteiger charge is 2.17. The van der Waals surface area contributed by atoms with Crippen molar-refractivity contribution < 1.29 is 4.74 Å². The molecular formula is C16H22N4O. The van der Waals surface area contributed by atoms with Crippen LogP contribution in [0.5, 0.6) is 11.6 Å². The maximum absolute atomic E-state index is 5.97. The lowest BCUT2D eigenvalue weighted by Crippen LogP contribution is -2.09. The molecule has 21 heavy (non-hydrogen) atoms. The average Bonchev–Trinajstić information content (AvgIpc) is 2.47. The summed E-state index contributed by atoms with van der Waals surface area (Å²) in [4.78, 5) is 12.9. The van der Waals surface area contributed by atoms with Crippen LogP contribution < -0.4 is 10.1 Å². The van der Waals surface area contributed by atoms with E-state index in [-0.39, 0.29) is 5.92 Å². The van der Waals surface area contributed by atoms with Crippen molar-refractivity contribution in [3.63, 3.8) is 0 Å². The van der Waals surface area contributed by atoms with E-state index in [4.69, 9.17) is 4.74 Å². The van der Waals surface area contributed by atoms with Crippen molar-refractivity contribution in [3.8, 4) is 11.6 Å². The largest absolute Gasteiger partial charge is 0.437 e. The highest BCUT2D eigenvalue weighted by molar-refractivity contribution is 5.51. The Hall–Kier alpha value is -2.17. The average molecular weight is 286 g/mol. The van der Waals surface area contributed by atoms with E-state index in [1.165, 1.54) is 6.33 Å². The van der Waals surface area contributed by atoms with Crippen molar-refractivity contribution in [1.29, 1.82) is 0 Å². The molecule has 0 spiro atoms. The monoisotopic (exact) mass is 286 g/mol. The van der Waals surface area contributed by atoms with Crippen LogP contribution in [0.15, 0.2) is 24.7 Å². The predicted molar refractivity (Wildman–Crippen MR) is 83.9 cm³/mol. The van der Waals surface area contributed by atoms with Crippen molar-refractivity contribution in [2.75, 3.05) is 11.9 Å². The van der Waals surface area contributed by atoms with Crippen LogP contribution in [0.25, 0.3) is 0 Å². The molecule has 0 unspecified atom stereocenters. The van der Waals surface area contributed by atoms with Gasteiger partial charge in [0.2, 0.25) is 5.88 Å². The molecule has 1 N–H and O–H groups in total. The van der Waals surface area contributed by atoms with E-state index in [1.54, 1.807) is 6.20 Å². The normalized spacial score (nSPS) is 10.7. The van der Waals surface area contributed by atoms with Gasteiger partial charge in [-0.25, -0.2) is 9.97 Å². The van der Waals surface area contributed by atoms with Gasteiger partial charge in [0.25, 0.3) is 0 Å². The van der Waals surface area contributed by atoms with Crippen LogP contribution in [0.1, 0.15) is 44.4 Å². The van der Waals surface area contributed by atoms with Gasteiger partial charge in [-0.3, -0.25) is 4.98 Å². The van der Waals surface area contributed by atoms with E-state index < -0.39 is 0 Å². The molecular weight excluding hydrogens is 264 g/mol. The molecule has 5 nitrogen and oxygen atoms in total. The van der Waals surface area contributed by atoms with Crippen molar-refractivity contribution in [3.05, 3.63) is 35.9 Å². The summed E-state index contributed by atoms with van der Waals surface area (Å²) < 4.78 is 5.97. The van der Waals surface area contributed by atoms with Gasteiger partial charge in [-0.1, -0.05) is 20.8 Å². The Bertz CT molecular complexity index is 599. The zero-order valence-electron chi connectivity index (χ0n) is 13.1. The number of hydrogen-bond acceptors (Lipinski definition) is 5. The molecule has 0 aliphatic heterocycles. The molecule has 0 aromatic carbocycles. The minimum Gasteiger partial charge on any atom is -0.437 e. The van der Waals surface area contributed by atoms with E-state index in [2.05, 4.69) is 41.0 Å². The second-order valence-corrected chi connectivity index (χ2v) is 5.21. The number of aryl methyl sites for hydroxylation is 1. The molecule has 5 heteroatoms. The molecule has 0 radical (unpaired) electrons. The Morgan fingerprint density at radius 1 is 1.24 bits per heavy atom. The number of aromatic nitrogens is 3. The zero-order valence-corrected chi connectivity index (χ0v) is 13.1. The molecule has 0 amide bonds. The fourth-order valence-corrected chi connectivity index (χ4v) is 2.05. The number of anilines is 1. The first-order valence-corrected chi connectivity index (χ1v) is 7.31. The van der Waals surface area contributed by atoms with Gasteiger partial charge in [-0.05, 0) is 31.4 Å². The van der Waals surface area contributed by atoms with Crippen LogP contribution in [-0.2, 0) is 0 Å². The molecule has 0 fully saturated rings. The quantitative estimate of drug-likeness (QED) is 0.872. The van der Waals surface area contributed by atoms with Crippen molar-refractivity contribution in [2.24, 2.45) is 0 Å². The first-order valence-electron chi connectivity index (χ1n) is 7.31. The fraction of sp³-hybridized carbons (Fsp3) is 0.438. The van der Waals surface area contributed by atoms with E-state index >= 15 is 0 Å². The van der Waals surface area contributed by atoms with Crippen LogP contribution in [0.2, 0.25) is 0 Å². The van der Waals surface area contributed by atoms with Crippen molar-refractivity contribution >= 4 is 5.82 Å². The van der Waals surface area contributed by atoms with Gasteiger partial charge in [0, 0.05) is 12.7 Å². The third-order valence-electron chi connectivity index (χ3n) is 3.13. The van der Waals surface area contributed by atoms with Gasteiger partial charge in [0.15, 0.2) is 5.75 Å². The van der Waals surface area contributed by atoms with Crippen molar-refractivity contribution in [2.45, 2.75) is 40.0 Å². The molecule has 112 valence electrons. The molecule has 0 saturated heterocycles. The zero-order chi connectivity index (χ0) is 15.2. The summed E-state index contributed by atoms with van der Waals surface area (Å²) >= 11 is 0. The number of nitrogens with one attached hydrogen (secondary N) is 1. The third kappa shape index (κ3) is 3.68. The lowest BCUT2D eigenvalue weighted by molar-refractivity contribution is 0.446. The maximum Gasteiger partial charge on any atom is 0.227 e. The highest BCUT2D eigenvalue weighted by atomic mass is 16.5. The summed E-state index contributed by atoms with van der Waals surface area (Å²) in [6.45, 7) is 9.14. The second-order valence-electron chi connectivity index (χ2n) is 5.21. The number of nitrogens with zero attached hydrogens (tertiary/aromatic N) is 3. The molecule has 0 aliphatic rings. The highest BCUT2D eigenvalue weighted by Crippen LogP contribution is 2.33. The summed E-state index contributed by atoms with van der Waals surface area (Å²) in [5.41, 5.74) is 1.84. The fourth-order valence-electron chi connectivity index (χ4n) is 2.05. The smallest absolute Gasteiger partial charge is 0.227 e. The molecule has 2 aromatic rings. The van der Waals surface area contributed by atoms with E-state index in [1.807, 2.05) is 19.1 Å². The Morgan fingerprint density at radius 2 is 2.05 bits per heavy atom. The minimum atomic E-state index is 0.262. The van der Waals surface area contributed by atoms with Gasteiger partial charge in [0.1, 0.15) is 12.1 Å². The van der Waals surface area contributed by atoms with Crippen LogP contribution in [-0.4, -0.2) is 21.5 Å². The number of pyridine rings is 1. The van der Waals surface area contributed by atoms with Gasteiger partial charge >= 0.3 is 0 Å². The summed E-state index contributed by atoms with van der Waals surface area (Å²) in [7, 11) is 0. The molecule has 0 saturated carbocycles. The summed E-state index contributed by atoms with van der Waals surface area (Å²) in [6.07, 6.45) is 4.32. The molecule has 0 bridgehead atoms. The van der Waals surface area contributed by atoms with Gasteiger partial charge in [-0.15, -0.1) is 0 Å². The lowest BCUT2D eigenvalue weighted by Gasteiger charge is -2.17. The first-order chi connectivity index (χ1) is 10.1. The number of hydrogen-bond donors (Lipinski definition) is 1. The summed E-state index contributed by atoms with van der Waals surface area (Å²) in [5, 5.41) is 3.34. The van der Waals surface area contributed by atoms with Crippen molar-refractivity contribution in [1.82, 2.24) is 15.0 Å². The topological polar surface area (TPSA) is 59.9 Å². The predicted octanol–water partition coefficient (Wildman–Crippen LogP) is 3.92. The van der Waals surface area contributed by atoms with Gasteiger partial charge in [-0.2, -0.15) is 0 Å². The number of ether oxygens (including phenoxy) is 1. The van der Waals surface area contributed by atoms with Gasteiger partial charge < -0.3 is 10.1 Å². The summed E-state index contributed by atoms with van der Waals surface area (Å²) in [5.74, 6) is 2.42. The Morgan fingerprint density at radius 3 is 2.71 bits per heavy atom. The van der Waals surface area contributed by atoms with Crippen LogP contribution in [0.4, 0.5) is 5.82 Å². The van der Waals surface area contributed by atoms with E-state index in [9.17, 15) is 0 Å². The van der Waals surface area contributed by atoms with E-state index in [0.717, 1.165) is 35.8 Å². The van der Waals surface area contributed by atoms with Crippen LogP contribution in [0, 0.1) is 6.92 Å². The standard InChI is InChI=1S/C16H22N4O/c1-5-8-18-15-14(11(2)3)16(20-10-19-15)21-13-7-6-9-17-12(13)4/h6-7,9-11H,5,8H2,1-4H3,(H,18,19,20). The van der Waals surface area contributed by atoms with Crippen LogP contribution >= 0.6 is 0 Å². The van der Waals surface area contributed by atoms with E-state index in [0.29, 0.717) is 5.88 Å². The SMILES string of the molecule is CCCNc1ncnc(Oc2cccnc2C)c1C(C)C. The Balaban J connectivity index is 2.36. The Labute approximate surface area is 125 Å². The summed E-state index contributed by atoms with van der Waals surface area (Å²) in [6, 6.07) is 3.75. The first kappa shape index (κ1) is 15.2. The minimum absolute atomic E-state index is 0.262. The molecule has 0 aliphatic carbocycles. The second kappa shape index (κ2) is 7.02.